The number of aromatic amines is 1. The summed E-state index contributed by atoms with van der Waals surface area (Å²) in [7, 11) is 0. The van der Waals surface area contributed by atoms with E-state index in [0.717, 1.165) is 34.4 Å². The first-order valence-corrected chi connectivity index (χ1v) is 5.83. The second kappa shape index (κ2) is 3.88. The highest BCUT2D eigenvalue weighted by atomic mass is 16.3. The zero-order chi connectivity index (χ0) is 12.7. The molecule has 2 heterocycles. The molecule has 3 nitrogen and oxygen atoms in total. The van der Waals surface area contributed by atoms with Gasteiger partial charge in [-0.1, -0.05) is 6.07 Å². The van der Waals surface area contributed by atoms with E-state index >= 15 is 0 Å². The van der Waals surface area contributed by atoms with Gasteiger partial charge in [0.2, 0.25) is 0 Å². The minimum atomic E-state index is 0.368. The Balaban J connectivity index is 2.17. The van der Waals surface area contributed by atoms with Crippen LogP contribution >= 0.6 is 0 Å². The predicted octanol–water partition coefficient (Wildman–Crippen LogP) is 3.86. The van der Waals surface area contributed by atoms with Crippen molar-refractivity contribution in [1.29, 1.82) is 0 Å². The van der Waals surface area contributed by atoms with Gasteiger partial charge >= 0.3 is 0 Å². The van der Waals surface area contributed by atoms with Gasteiger partial charge in [0.25, 0.3) is 0 Å². The first kappa shape index (κ1) is 10.8. The summed E-state index contributed by atoms with van der Waals surface area (Å²) < 4.78 is 5.36. The zero-order valence-corrected chi connectivity index (χ0v) is 10.3. The Bertz CT molecular complexity index is 734. The molecule has 0 aliphatic heterocycles. The molecule has 3 rings (SSSR count). The fraction of sp³-hybridized carbons (Fsp3) is 0.133. The van der Waals surface area contributed by atoms with Crippen molar-refractivity contribution < 1.29 is 9.21 Å². The number of benzene rings is 1. The van der Waals surface area contributed by atoms with Gasteiger partial charge in [-0.3, -0.25) is 4.79 Å². The van der Waals surface area contributed by atoms with Crippen LogP contribution in [0.4, 0.5) is 0 Å². The van der Waals surface area contributed by atoms with Gasteiger partial charge in [-0.25, -0.2) is 0 Å². The molecule has 0 saturated heterocycles. The van der Waals surface area contributed by atoms with Crippen molar-refractivity contribution >= 4 is 17.2 Å². The number of carbonyl (C=O) groups is 1. The predicted molar refractivity (Wildman–Crippen MR) is 70.9 cm³/mol. The van der Waals surface area contributed by atoms with Crippen LogP contribution in [0.5, 0.6) is 0 Å². The number of nitrogens with one attached hydrogen (secondary N) is 1. The third kappa shape index (κ3) is 1.64. The van der Waals surface area contributed by atoms with E-state index in [9.17, 15) is 4.79 Å². The molecule has 0 amide bonds. The molecule has 2 aromatic heterocycles. The number of aldehydes is 1. The van der Waals surface area contributed by atoms with Crippen LogP contribution in [-0.2, 0) is 0 Å². The molecule has 0 radical (unpaired) electrons. The van der Waals surface area contributed by atoms with Gasteiger partial charge in [-0.05, 0) is 43.7 Å². The molecule has 0 unspecified atom stereocenters. The number of hydrogen-bond acceptors (Lipinski definition) is 2. The Morgan fingerprint density at radius 3 is 2.72 bits per heavy atom. The summed E-state index contributed by atoms with van der Waals surface area (Å²) >= 11 is 0. The van der Waals surface area contributed by atoms with Gasteiger partial charge in [0.05, 0.1) is 0 Å². The molecule has 3 aromatic rings. The van der Waals surface area contributed by atoms with Crippen LogP contribution in [0.2, 0.25) is 0 Å². The van der Waals surface area contributed by atoms with Crippen LogP contribution in [0.1, 0.15) is 22.0 Å². The highest BCUT2D eigenvalue weighted by Gasteiger charge is 2.10. The highest BCUT2D eigenvalue weighted by Crippen LogP contribution is 2.29. The Morgan fingerprint density at radius 2 is 2.00 bits per heavy atom. The van der Waals surface area contributed by atoms with Crippen molar-refractivity contribution in [2.45, 2.75) is 13.8 Å². The third-order valence-corrected chi connectivity index (χ3v) is 3.12. The lowest BCUT2D eigenvalue weighted by Gasteiger charge is -1.99. The van der Waals surface area contributed by atoms with E-state index in [4.69, 9.17) is 4.42 Å². The van der Waals surface area contributed by atoms with Crippen LogP contribution in [0.3, 0.4) is 0 Å². The smallest absolute Gasteiger partial charge is 0.185 e. The molecule has 0 saturated carbocycles. The second-order valence-corrected chi connectivity index (χ2v) is 4.49. The normalized spacial score (nSPS) is 11.0. The van der Waals surface area contributed by atoms with Crippen molar-refractivity contribution in [2.24, 2.45) is 0 Å². The van der Waals surface area contributed by atoms with E-state index in [1.165, 1.54) is 5.39 Å². The summed E-state index contributed by atoms with van der Waals surface area (Å²) in [5.41, 5.74) is 4.29. The molecule has 18 heavy (non-hydrogen) atoms. The lowest BCUT2D eigenvalue weighted by Crippen LogP contribution is -1.77. The van der Waals surface area contributed by atoms with Crippen molar-refractivity contribution in [3.8, 4) is 11.1 Å². The fourth-order valence-corrected chi connectivity index (χ4v) is 2.30. The monoisotopic (exact) mass is 239 g/mol. The zero-order valence-electron chi connectivity index (χ0n) is 10.3. The molecule has 1 N–H and O–H groups in total. The van der Waals surface area contributed by atoms with Crippen molar-refractivity contribution in [3.63, 3.8) is 0 Å². The Labute approximate surface area is 104 Å². The number of H-pyrrole nitrogens is 1. The van der Waals surface area contributed by atoms with Crippen molar-refractivity contribution in [3.05, 3.63) is 47.5 Å². The molecular weight excluding hydrogens is 226 g/mol. The minimum Gasteiger partial charge on any atom is -0.458 e. The molecule has 0 aliphatic carbocycles. The van der Waals surface area contributed by atoms with E-state index in [2.05, 4.69) is 17.1 Å². The lowest BCUT2D eigenvalue weighted by molar-refractivity contribution is 0.109. The Hall–Kier alpha value is -2.29. The SMILES string of the molecule is Cc1cc2cc(-c3cc(C=O)oc3C)ccc2[nH]1. The maximum Gasteiger partial charge on any atom is 0.185 e. The largest absolute Gasteiger partial charge is 0.458 e. The molecule has 0 bridgehead atoms. The highest BCUT2D eigenvalue weighted by molar-refractivity contribution is 5.87. The molecule has 3 heteroatoms. The van der Waals surface area contributed by atoms with Gasteiger partial charge in [-0.15, -0.1) is 0 Å². The van der Waals surface area contributed by atoms with E-state index in [0.29, 0.717) is 5.76 Å². The summed E-state index contributed by atoms with van der Waals surface area (Å²) in [6, 6.07) is 10.1. The number of carbonyl (C=O) groups excluding carboxylic acids is 1. The van der Waals surface area contributed by atoms with E-state index < -0.39 is 0 Å². The molecule has 0 fully saturated rings. The molecule has 90 valence electrons. The standard InChI is InChI=1S/C15H13NO2/c1-9-5-12-6-11(3-4-15(12)16-9)14-7-13(8-17)18-10(14)2/h3-8,16H,1-2H3. The number of aromatic nitrogens is 1. The molecule has 1 aromatic carbocycles. The summed E-state index contributed by atoms with van der Waals surface area (Å²) in [5.74, 6) is 1.14. The maximum absolute atomic E-state index is 10.7. The van der Waals surface area contributed by atoms with E-state index in [1.807, 2.05) is 26.0 Å². The third-order valence-electron chi connectivity index (χ3n) is 3.12. The van der Waals surface area contributed by atoms with Crippen molar-refractivity contribution in [1.82, 2.24) is 4.98 Å². The van der Waals surface area contributed by atoms with Crippen LogP contribution < -0.4 is 0 Å². The topological polar surface area (TPSA) is 46.0 Å². The number of fused-ring (bicyclic) bond motifs is 1. The average Bonchev–Trinajstić information content (AvgIpc) is 2.89. The Morgan fingerprint density at radius 1 is 1.17 bits per heavy atom. The minimum absolute atomic E-state index is 0.368. The maximum atomic E-state index is 10.7. The van der Waals surface area contributed by atoms with Gasteiger partial charge in [-0.2, -0.15) is 0 Å². The van der Waals surface area contributed by atoms with Crippen LogP contribution in [0.25, 0.3) is 22.0 Å². The first-order chi connectivity index (χ1) is 8.67. The first-order valence-electron chi connectivity index (χ1n) is 5.83. The van der Waals surface area contributed by atoms with Gasteiger partial charge in [0.1, 0.15) is 5.76 Å². The lowest BCUT2D eigenvalue weighted by atomic mass is 10.0. The number of aryl methyl sites for hydroxylation is 2. The number of hydrogen-bond donors (Lipinski definition) is 1. The number of rotatable bonds is 2. The molecule has 0 spiro atoms. The van der Waals surface area contributed by atoms with Crippen LogP contribution in [0.15, 0.2) is 34.7 Å². The summed E-state index contributed by atoms with van der Waals surface area (Å²) in [6.07, 6.45) is 0.732. The van der Waals surface area contributed by atoms with Gasteiger partial charge < -0.3 is 9.40 Å². The molecule has 0 aliphatic rings. The van der Waals surface area contributed by atoms with Crippen LogP contribution in [0, 0.1) is 13.8 Å². The average molecular weight is 239 g/mol. The van der Waals surface area contributed by atoms with Gasteiger partial charge in [0, 0.05) is 22.2 Å². The Kier molecular flexibility index (Phi) is 2.33. The van der Waals surface area contributed by atoms with Crippen molar-refractivity contribution in [2.75, 3.05) is 0 Å². The quantitative estimate of drug-likeness (QED) is 0.690. The van der Waals surface area contributed by atoms with Crippen LogP contribution in [-0.4, -0.2) is 11.3 Å². The number of furan rings is 1. The molecule has 0 atom stereocenters. The summed E-state index contributed by atoms with van der Waals surface area (Å²) in [5, 5.41) is 1.17. The van der Waals surface area contributed by atoms with Gasteiger partial charge in [0.15, 0.2) is 12.0 Å². The fourth-order valence-electron chi connectivity index (χ4n) is 2.30. The summed E-state index contributed by atoms with van der Waals surface area (Å²) in [6.45, 7) is 3.90. The van der Waals surface area contributed by atoms with E-state index in [1.54, 1.807) is 6.07 Å². The summed E-state index contributed by atoms with van der Waals surface area (Å²) in [4.78, 5) is 14.0. The second-order valence-electron chi connectivity index (χ2n) is 4.49. The van der Waals surface area contributed by atoms with E-state index in [-0.39, 0.29) is 0 Å². The molecular formula is C15H13NO2.